The van der Waals surface area contributed by atoms with Crippen molar-refractivity contribution in [3.05, 3.63) is 62.5 Å². The predicted molar refractivity (Wildman–Crippen MR) is 130 cm³/mol. The number of carbonyl (C=O) groups excluding carboxylic acids is 2. The monoisotopic (exact) mass is 542 g/mol. The predicted octanol–water partition coefficient (Wildman–Crippen LogP) is 1.56. The number of ether oxygens (including phenoxy) is 4. The van der Waals surface area contributed by atoms with E-state index < -0.39 is 32.9 Å². The second kappa shape index (κ2) is 13.8. The first-order chi connectivity index (χ1) is 17.5. The van der Waals surface area contributed by atoms with E-state index in [9.17, 15) is 28.1 Å². The van der Waals surface area contributed by atoms with Crippen molar-refractivity contribution in [1.29, 1.82) is 0 Å². The normalized spacial score (nSPS) is 15.8. The number of hydrogen-bond acceptors (Lipinski definition) is 12. The van der Waals surface area contributed by atoms with E-state index in [1.165, 1.54) is 25.3 Å². The first-order valence-electron chi connectivity index (χ1n) is 11.2. The highest BCUT2D eigenvalue weighted by Gasteiger charge is 2.39. The lowest BCUT2D eigenvalue weighted by Gasteiger charge is -2.31. The summed E-state index contributed by atoms with van der Waals surface area (Å²) in [7, 11) is -2.36. The lowest BCUT2D eigenvalue weighted by molar-refractivity contribution is -0.384. The molecule has 13 nitrogen and oxygen atoms in total. The van der Waals surface area contributed by atoms with Gasteiger partial charge in [-0.25, -0.2) is 9.59 Å². The van der Waals surface area contributed by atoms with Gasteiger partial charge in [-0.05, 0) is 19.4 Å². The topological polar surface area (TPSA) is 170 Å². The van der Waals surface area contributed by atoms with Crippen molar-refractivity contribution in [1.82, 2.24) is 5.32 Å². The van der Waals surface area contributed by atoms with Gasteiger partial charge in [0.2, 0.25) is 0 Å². The summed E-state index contributed by atoms with van der Waals surface area (Å²) in [6.45, 7) is 3.30. The maximum Gasteiger partial charge on any atom is 0.336 e. The van der Waals surface area contributed by atoms with Gasteiger partial charge in [0.05, 0.1) is 80.7 Å². The molecule has 1 atom stereocenters. The highest BCUT2D eigenvalue weighted by Crippen LogP contribution is 2.40. The molecule has 1 unspecified atom stereocenters. The second-order valence-corrected chi connectivity index (χ2v) is 9.39. The van der Waals surface area contributed by atoms with Gasteiger partial charge < -0.3 is 24.3 Å². The van der Waals surface area contributed by atoms with Crippen molar-refractivity contribution in [2.45, 2.75) is 19.8 Å². The fraction of sp³-hybridized carbons (Fsp3) is 0.478. The van der Waals surface area contributed by atoms with Gasteiger partial charge in [0, 0.05) is 17.8 Å². The van der Waals surface area contributed by atoms with Crippen LogP contribution in [0.2, 0.25) is 0 Å². The Kier molecular flexibility index (Phi) is 11.2. The number of methoxy groups -OCH3 is 1. The van der Waals surface area contributed by atoms with Crippen molar-refractivity contribution in [2.75, 3.05) is 53.0 Å². The van der Waals surface area contributed by atoms with Gasteiger partial charge in [-0.3, -0.25) is 14.3 Å². The summed E-state index contributed by atoms with van der Waals surface area (Å²) in [5, 5.41) is 14.4. The number of allylic oxidation sites excluding steroid dienone is 1. The zero-order chi connectivity index (χ0) is 27.6. The Balaban J connectivity index is 2.33. The Hall–Kier alpha value is -3.33. The summed E-state index contributed by atoms with van der Waals surface area (Å²) < 4.78 is 47.6. The fourth-order valence-electron chi connectivity index (χ4n) is 3.63. The lowest BCUT2D eigenvalue weighted by atomic mass is 9.80. The Morgan fingerprint density at radius 2 is 1.76 bits per heavy atom. The third-order valence-electron chi connectivity index (χ3n) is 5.10. The molecule has 1 aliphatic rings. The van der Waals surface area contributed by atoms with Gasteiger partial charge in [-0.1, -0.05) is 12.1 Å². The quantitative estimate of drug-likeness (QED) is 0.118. The molecule has 0 spiro atoms. The number of nitro benzene ring substituents is 1. The van der Waals surface area contributed by atoms with E-state index in [1.807, 2.05) is 0 Å². The van der Waals surface area contributed by atoms with Crippen molar-refractivity contribution in [3.8, 4) is 0 Å². The van der Waals surface area contributed by atoms with Crippen molar-refractivity contribution in [3.63, 3.8) is 0 Å². The molecule has 14 heteroatoms. The molecule has 0 fully saturated rings. The highest BCUT2D eigenvalue weighted by molar-refractivity contribution is 7.85. The smallest absolute Gasteiger partial charge is 0.336 e. The molecule has 0 aliphatic carbocycles. The summed E-state index contributed by atoms with van der Waals surface area (Å²) in [6, 6.07) is 5.63. The van der Waals surface area contributed by atoms with Gasteiger partial charge >= 0.3 is 11.9 Å². The molecule has 204 valence electrons. The molecule has 1 N–H and O–H groups in total. The summed E-state index contributed by atoms with van der Waals surface area (Å²) in [5.74, 6) is -2.46. The summed E-state index contributed by atoms with van der Waals surface area (Å²) in [5.41, 5.74) is 0.950. The number of non-ortho nitro benzene ring substituents is 1. The third kappa shape index (κ3) is 8.63. The minimum Gasteiger partial charge on any atom is -0.466 e. The van der Waals surface area contributed by atoms with E-state index in [0.717, 1.165) is 6.26 Å². The van der Waals surface area contributed by atoms with Crippen LogP contribution in [-0.4, -0.2) is 78.3 Å². The molecule has 1 aromatic carbocycles. The van der Waals surface area contributed by atoms with Gasteiger partial charge in [-0.2, -0.15) is 8.42 Å². The van der Waals surface area contributed by atoms with Crippen LogP contribution in [-0.2, 0) is 42.8 Å². The number of esters is 2. The van der Waals surface area contributed by atoms with Gasteiger partial charge in [-0.15, -0.1) is 0 Å². The van der Waals surface area contributed by atoms with Crippen molar-refractivity contribution >= 4 is 27.7 Å². The number of carbonyl (C=O) groups is 2. The number of nitrogens with zero attached hydrogens (tertiary/aromatic N) is 1. The standard InChI is InChI=1S/C23H30N2O11S/c1-5-35-23(27)21-18(14-34-10-9-33-11-12-36-37(4,30)31)24-15(2)19(22(26)32-3)20(21)16-7-6-8-17(13-16)25(28)29/h6-8,13,20,24H,5,9-12,14H2,1-4H3. The van der Waals surface area contributed by atoms with E-state index in [-0.39, 0.29) is 56.5 Å². The van der Waals surface area contributed by atoms with Crippen molar-refractivity contribution in [2.24, 2.45) is 0 Å². The number of nitro groups is 1. The molecular formula is C23H30N2O11S. The Morgan fingerprint density at radius 1 is 1.08 bits per heavy atom. The van der Waals surface area contributed by atoms with Crippen LogP contribution < -0.4 is 5.32 Å². The van der Waals surface area contributed by atoms with E-state index >= 15 is 0 Å². The van der Waals surface area contributed by atoms with Gasteiger partial charge in [0.1, 0.15) is 0 Å². The van der Waals surface area contributed by atoms with E-state index in [0.29, 0.717) is 17.0 Å². The minimum atomic E-state index is -3.55. The minimum absolute atomic E-state index is 0.0324. The second-order valence-electron chi connectivity index (χ2n) is 7.74. The largest absolute Gasteiger partial charge is 0.466 e. The molecule has 0 saturated carbocycles. The number of rotatable bonds is 14. The van der Waals surface area contributed by atoms with E-state index in [4.69, 9.17) is 18.9 Å². The third-order valence-corrected chi connectivity index (χ3v) is 5.70. The lowest BCUT2D eigenvalue weighted by Crippen LogP contribution is -2.34. The molecule has 0 saturated heterocycles. The maximum atomic E-state index is 13.1. The molecule has 37 heavy (non-hydrogen) atoms. The summed E-state index contributed by atoms with van der Waals surface area (Å²) in [4.78, 5) is 36.6. The number of hydrogen-bond donors (Lipinski definition) is 1. The Labute approximate surface area is 214 Å². The first kappa shape index (κ1) is 29.9. The summed E-state index contributed by atoms with van der Waals surface area (Å²) in [6.07, 6.45) is 0.936. The molecule has 1 aromatic rings. The van der Waals surface area contributed by atoms with Crippen LogP contribution in [0, 0.1) is 10.1 Å². The molecule has 0 aromatic heterocycles. The van der Waals surface area contributed by atoms with Gasteiger partial charge in [0.15, 0.2) is 0 Å². The Morgan fingerprint density at radius 3 is 2.38 bits per heavy atom. The zero-order valence-corrected chi connectivity index (χ0v) is 21.8. The summed E-state index contributed by atoms with van der Waals surface area (Å²) >= 11 is 0. The van der Waals surface area contributed by atoms with E-state index in [1.54, 1.807) is 19.9 Å². The first-order valence-corrected chi connectivity index (χ1v) is 13.0. The molecule has 0 radical (unpaired) electrons. The van der Waals surface area contributed by atoms with Crippen LogP contribution in [0.25, 0.3) is 0 Å². The average molecular weight is 543 g/mol. The van der Waals surface area contributed by atoms with Crippen LogP contribution in [0.3, 0.4) is 0 Å². The molecule has 0 amide bonds. The van der Waals surface area contributed by atoms with Crippen LogP contribution in [0.4, 0.5) is 5.69 Å². The van der Waals surface area contributed by atoms with Gasteiger partial charge in [0.25, 0.3) is 15.8 Å². The van der Waals surface area contributed by atoms with E-state index in [2.05, 4.69) is 9.50 Å². The number of dihydropyridines is 1. The molecule has 0 bridgehead atoms. The van der Waals surface area contributed by atoms with Crippen LogP contribution in [0.1, 0.15) is 25.3 Å². The van der Waals surface area contributed by atoms with Crippen LogP contribution in [0.5, 0.6) is 0 Å². The molecule has 2 rings (SSSR count). The van der Waals surface area contributed by atoms with Crippen LogP contribution >= 0.6 is 0 Å². The number of nitrogens with one attached hydrogen (secondary N) is 1. The molecular weight excluding hydrogens is 512 g/mol. The average Bonchev–Trinajstić information content (AvgIpc) is 2.84. The SMILES string of the molecule is CCOC(=O)C1=C(COCCOCCOS(C)(=O)=O)NC(C)=C(C(=O)OC)C1c1cccc([N+](=O)[O-])c1. The Bertz CT molecular complexity index is 1170. The number of benzene rings is 1. The molecule has 1 heterocycles. The molecule has 1 aliphatic heterocycles. The van der Waals surface area contributed by atoms with Crippen molar-refractivity contribution < 1.29 is 46.1 Å². The highest BCUT2D eigenvalue weighted by atomic mass is 32.2. The van der Waals surface area contributed by atoms with Crippen LogP contribution in [0.15, 0.2) is 46.8 Å². The fourth-order valence-corrected chi connectivity index (χ4v) is 4.00. The maximum absolute atomic E-state index is 13.1. The zero-order valence-electron chi connectivity index (χ0n) is 21.0.